The quantitative estimate of drug-likeness (QED) is 0.491. The van der Waals surface area contributed by atoms with E-state index < -0.39 is 10.0 Å². The molecule has 1 aromatic carbocycles. The predicted octanol–water partition coefficient (Wildman–Crippen LogP) is 2.63. The van der Waals surface area contributed by atoms with E-state index in [2.05, 4.69) is 19.9 Å². The van der Waals surface area contributed by atoms with Crippen molar-refractivity contribution in [1.29, 1.82) is 0 Å². The maximum atomic E-state index is 13.3. The summed E-state index contributed by atoms with van der Waals surface area (Å²) in [5.41, 5.74) is 0.509. The summed E-state index contributed by atoms with van der Waals surface area (Å²) in [6.45, 7) is 3.74. The average Bonchev–Trinajstić information content (AvgIpc) is 3.33. The molecule has 0 saturated carbocycles. The van der Waals surface area contributed by atoms with Gasteiger partial charge in [-0.05, 0) is 31.2 Å². The number of pyridine rings is 1. The minimum Gasteiger partial charge on any atom is -0.354 e. The second-order valence-electron chi connectivity index (χ2n) is 7.44. The molecular weight excluding hydrogens is 412 g/mol. The van der Waals surface area contributed by atoms with Crippen molar-refractivity contribution in [3.05, 3.63) is 72.9 Å². The molecule has 31 heavy (non-hydrogen) atoms. The third-order valence-corrected chi connectivity index (χ3v) is 7.39. The summed E-state index contributed by atoms with van der Waals surface area (Å²) < 4.78 is 30.2. The molecule has 8 nitrogen and oxygen atoms in total. The topological polar surface area (TPSA) is 84.2 Å². The molecule has 0 aliphatic carbocycles. The van der Waals surface area contributed by atoms with Gasteiger partial charge >= 0.3 is 0 Å². The fourth-order valence-corrected chi connectivity index (χ4v) is 5.49. The van der Waals surface area contributed by atoms with Gasteiger partial charge in [0.15, 0.2) is 0 Å². The molecule has 0 amide bonds. The Kier molecular flexibility index (Phi) is 4.91. The number of hydrogen-bond acceptors (Lipinski definition) is 6. The van der Waals surface area contributed by atoms with Gasteiger partial charge in [-0.1, -0.05) is 18.2 Å². The third kappa shape index (κ3) is 3.66. The second kappa shape index (κ2) is 7.75. The van der Waals surface area contributed by atoms with Crippen LogP contribution in [0.15, 0.2) is 72.0 Å². The first-order valence-corrected chi connectivity index (χ1v) is 11.5. The molecule has 1 saturated heterocycles. The van der Waals surface area contributed by atoms with Crippen molar-refractivity contribution >= 4 is 26.7 Å². The van der Waals surface area contributed by atoms with Crippen molar-refractivity contribution in [3.63, 3.8) is 0 Å². The monoisotopic (exact) mass is 434 g/mol. The summed E-state index contributed by atoms with van der Waals surface area (Å²) in [7, 11) is -3.64. The summed E-state index contributed by atoms with van der Waals surface area (Å²) in [4.78, 5) is 15.8. The Hall–Kier alpha value is -3.30. The lowest BCUT2D eigenvalue weighted by molar-refractivity contribution is 0.384. The highest BCUT2D eigenvalue weighted by molar-refractivity contribution is 7.89. The number of aryl methyl sites for hydroxylation is 1. The van der Waals surface area contributed by atoms with Gasteiger partial charge in [0.05, 0.1) is 5.52 Å². The summed E-state index contributed by atoms with van der Waals surface area (Å²) in [5, 5.41) is 0.816. The number of fused-ring (bicyclic) bond motifs is 1. The van der Waals surface area contributed by atoms with E-state index in [1.165, 1.54) is 4.31 Å². The molecular formula is C22H22N6O2S. The zero-order chi connectivity index (χ0) is 21.4. The largest absolute Gasteiger partial charge is 0.354 e. The summed E-state index contributed by atoms with van der Waals surface area (Å²) in [6, 6.07) is 14.8. The Balaban J connectivity index is 1.38. The van der Waals surface area contributed by atoms with Gasteiger partial charge in [-0.15, -0.1) is 0 Å². The molecule has 0 radical (unpaired) electrons. The minimum atomic E-state index is -3.64. The molecule has 0 N–H and O–H groups in total. The Morgan fingerprint density at radius 2 is 1.58 bits per heavy atom. The van der Waals surface area contributed by atoms with Crippen molar-refractivity contribution < 1.29 is 8.42 Å². The lowest BCUT2D eigenvalue weighted by Crippen LogP contribution is -2.49. The van der Waals surface area contributed by atoms with Crippen LogP contribution in [-0.2, 0) is 10.0 Å². The predicted molar refractivity (Wildman–Crippen MR) is 119 cm³/mol. The first-order chi connectivity index (χ1) is 15.0. The lowest BCUT2D eigenvalue weighted by atomic mass is 10.2. The standard InChI is InChI=1S/C22H22N6O2S/c1-17-24-20(26-10-2-3-11-26)16-21(25-17)27-12-14-28(15-13-27)31(29,30)19-8-4-6-18-7-5-9-23-22(18)19/h2-11,16H,12-15H2,1H3. The van der Waals surface area contributed by atoms with Crippen LogP contribution in [0.25, 0.3) is 16.7 Å². The SMILES string of the molecule is Cc1nc(N2CCN(S(=O)(=O)c3cccc4cccnc34)CC2)cc(-n2cccc2)n1. The number of rotatable bonds is 4. The summed E-state index contributed by atoms with van der Waals surface area (Å²) in [6.07, 6.45) is 5.50. The number of aromatic nitrogens is 4. The molecule has 1 aliphatic heterocycles. The van der Waals surface area contributed by atoms with Crippen molar-refractivity contribution in [3.8, 4) is 5.82 Å². The number of anilines is 1. The maximum absolute atomic E-state index is 13.3. The van der Waals surface area contributed by atoms with Crippen molar-refractivity contribution in [2.75, 3.05) is 31.1 Å². The van der Waals surface area contributed by atoms with Crippen LogP contribution in [0.5, 0.6) is 0 Å². The molecule has 1 fully saturated rings. The zero-order valence-electron chi connectivity index (χ0n) is 17.1. The second-order valence-corrected chi connectivity index (χ2v) is 9.35. The molecule has 4 aromatic rings. The van der Waals surface area contributed by atoms with Gasteiger partial charge in [0.25, 0.3) is 0 Å². The Morgan fingerprint density at radius 1 is 0.871 bits per heavy atom. The van der Waals surface area contributed by atoms with Gasteiger partial charge < -0.3 is 9.47 Å². The number of nitrogens with zero attached hydrogens (tertiary/aromatic N) is 6. The van der Waals surface area contributed by atoms with E-state index in [1.54, 1.807) is 18.3 Å². The smallest absolute Gasteiger partial charge is 0.245 e. The van der Waals surface area contributed by atoms with Crippen LogP contribution in [0.2, 0.25) is 0 Å². The first-order valence-electron chi connectivity index (χ1n) is 10.1. The van der Waals surface area contributed by atoms with Crippen LogP contribution in [0.1, 0.15) is 5.82 Å². The van der Waals surface area contributed by atoms with Gasteiger partial charge in [0.2, 0.25) is 10.0 Å². The van der Waals surface area contributed by atoms with Crippen LogP contribution in [0.3, 0.4) is 0 Å². The van der Waals surface area contributed by atoms with Gasteiger partial charge in [0, 0.05) is 56.2 Å². The minimum absolute atomic E-state index is 0.256. The van der Waals surface area contributed by atoms with E-state index in [-0.39, 0.29) is 4.90 Å². The van der Waals surface area contributed by atoms with Crippen LogP contribution >= 0.6 is 0 Å². The van der Waals surface area contributed by atoms with Gasteiger partial charge in [-0.25, -0.2) is 18.4 Å². The zero-order valence-corrected chi connectivity index (χ0v) is 17.9. The Bertz CT molecular complexity index is 1320. The molecule has 9 heteroatoms. The first kappa shape index (κ1) is 19.7. The number of benzene rings is 1. The van der Waals surface area contributed by atoms with Crippen LogP contribution < -0.4 is 4.90 Å². The van der Waals surface area contributed by atoms with E-state index >= 15 is 0 Å². The third-order valence-electron chi connectivity index (χ3n) is 5.46. The van der Waals surface area contributed by atoms with E-state index in [9.17, 15) is 8.42 Å². The van der Waals surface area contributed by atoms with Crippen molar-refractivity contribution in [2.45, 2.75) is 11.8 Å². The van der Waals surface area contributed by atoms with Crippen molar-refractivity contribution in [2.24, 2.45) is 0 Å². The summed E-state index contributed by atoms with van der Waals surface area (Å²) in [5.74, 6) is 2.28. The average molecular weight is 435 g/mol. The lowest BCUT2D eigenvalue weighted by Gasteiger charge is -2.35. The highest BCUT2D eigenvalue weighted by Gasteiger charge is 2.30. The fraction of sp³-hybridized carbons (Fsp3) is 0.227. The Morgan fingerprint density at radius 3 is 2.35 bits per heavy atom. The molecule has 0 spiro atoms. The maximum Gasteiger partial charge on any atom is 0.245 e. The van der Waals surface area contributed by atoms with E-state index in [4.69, 9.17) is 0 Å². The van der Waals surface area contributed by atoms with Gasteiger partial charge in [-0.3, -0.25) is 4.98 Å². The van der Waals surface area contributed by atoms with Crippen LogP contribution in [-0.4, -0.2) is 58.4 Å². The van der Waals surface area contributed by atoms with Gasteiger partial charge in [-0.2, -0.15) is 4.31 Å². The molecule has 4 heterocycles. The number of para-hydroxylation sites is 1. The van der Waals surface area contributed by atoms with E-state index in [0.717, 1.165) is 17.0 Å². The highest BCUT2D eigenvalue weighted by atomic mass is 32.2. The number of hydrogen-bond donors (Lipinski definition) is 0. The fourth-order valence-electron chi connectivity index (χ4n) is 3.90. The van der Waals surface area contributed by atoms with Crippen LogP contribution in [0.4, 0.5) is 5.82 Å². The molecule has 3 aromatic heterocycles. The molecule has 0 unspecified atom stereocenters. The normalized spacial score (nSPS) is 15.5. The summed E-state index contributed by atoms with van der Waals surface area (Å²) >= 11 is 0. The van der Waals surface area contributed by atoms with Crippen LogP contribution in [0, 0.1) is 6.92 Å². The van der Waals surface area contributed by atoms with E-state index in [1.807, 2.05) is 60.3 Å². The number of piperazine rings is 1. The highest BCUT2D eigenvalue weighted by Crippen LogP contribution is 2.26. The van der Waals surface area contributed by atoms with Gasteiger partial charge in [0.1, 0.15) is 22.4 Å². The molecule has 0 bridgehead atoms. The van der Waals surface area contributed by atoms with Crippen molar-refractivity contribution in [1.82, 2.24) is 23.8 Å². The molecule has 158 valence electrons. The number of sulfonamides is 1. The van der Waals surface area contributed by atoms with E-state index in [0.29, 0.717) is 37.5 Å². The molecule has 1 aliphatic rings. The molecule has 5 rings (SSSR count). The Labute approximate surface area is 180 Å². The molecule has 0 atom stereocenters.